The van der Waals surface area contributed by atoms with Crippen LogP contribution in [0.25, 0.3) is 0 Å². The summed E-state index contributed by atoms with van der Waals surface area (Å²) in [7, 11) is 0. The molecule has 0 amide bonds. The van der Waals surface area contributed by atoms with Gasteiger partial charge < -0.3 is 5.32 Å². The second-order valence-electron chi connectivity index (χ2n) is 1.87. The van der Waals surface area contributed by atoms with E-state index < -0.39 is 0 Å². The lowest BCUT2D eigenvalue weighted by atomic mass is 10.2. The van der Waals surface area contributed by atoms with Crippen LogP contribution >= 0.6 is 0 Å². The number of hydrogen-bond acceptors (Lipinski definition) is 1. The van der Waals surface area contributed by atoms with Gasteiger partial charge in [0.15, 0.2) is 0 Å². The Hall–Kier alpha value is -0.300. The zero-order chi connectivity index (χ0) is 7.11. The van der Waals surface area contributed by atoms with Crippen LogP contribution in [0.15, 0.2) is 11.6 Å². The second kappa shape index (κ2) is 5.83. The van der Waals surface area contributed by atoms with Crippen molar-refractivity contribution in [3.05, 3.63) is 11.6 Å². The lowest BCUT2D eigenvalue weighted by Crippen LogP contribution is -2.04. The van der Waals surface area contributed by atoms with Gasteiger partial charge in [0.25, 0.3) is 0 Å². The number of hydrogen-bond donors (Lipinski definition) is 1. The summed E-state index contributed by atoms with van der Waals surface area (Å²) in [5.74, 6) is 0. The third kappa shape index (κ3) is 3.31. The minimum atomic E-state index is 1.12. The summed E-state index contributed by atoms with van der Waals surface area (Å²) in [4.78, 5) is 0. The number of allylic oxidation sites excluding steroid dienone is 1. The molecule has 0 aromatic heterocycles. The van der Waals surface area contributed by atoms with Crippen molar-refractivity contribution >= 4 is 0 Å². The van der Waals surface area contributed by atoms with Crippen LogP contribution in [0.1, 0.15) is 27.2 Å². The molecule has 0 aromatic carbocycles. The van der Waals surface area contributed by atoms with Crippen LogP contribution in [0, 0.1) is 0 Å². The highest BCUT2D eigenvalue weighted by Gasteiger charge is 2.01. The van der Waals surface area contributed by atoms with Crippen molar-refractivity contribution in [1.82, 2.24) is 5.32 Å². The summed E-state index contributed by atoms with van der Waals surface area (Å²) in [5, 5.41) is 3.25. The van der Waals surface area contributed by atoms with Crippen molar-refractivity contribution in [3.63, 3.8) is 0 Å². The number of nitrogens with one attached hydrogen (secondary N) is 1. The molecular weight excluding hydrogens is 110 g/mol. The van der Waals surface area contributed by atoms with E-state index in [0.717, 1.165) is 6.54 Å². The molecule has 1 saturated heterocycles. The third-order valence-electron chi connectivity index (χ3n) is 1.38. The minimum absolute atomic E-state index is 1.12. The fourth-order valence-electron chi connectivity index (χ4n) is 0.833. The first-order valence-corrected chi connectivity index (χ1v) is 3.78. The Bertz CT molecular complexity index is 76.6. The largest absolute Gasteiger partial charge is 0.313 e. The highest BCUT2D eigenvalue weighted by atomic mass is 14.9. The average molecular weight is 127 g/mol. The smallest absolute Gasteiger partial charge is 0.0165 e. The Kier molecular flexibility index (Phi) is 5.64. The van der Waals surface area contributed by atoms with Gasteiger partial charge >= 0.3 is 0 Å². The van der Waals surface area contributed by atoms with E-state index in [2.05, 4.69) is 18.3 Å². The van der Waals surface area contributed by atoms with Crippen molar-refractivity contribution in [3.8, 4) is 0 Å². The molecule has 9 heavy (non-hydrogen) atoms. The number of rotatable bonds is 0. The van der Waals surface area contributed by atoms with Crippen molar-refractivity contribution in [2.24, 2.45) is 0 Å². The molecule has 0 unspecified atom stereocenters. The van der Waals surface area contributed by atoms with E-state index in [1.165, 1.54) is 13.0 Å². The summed E-state index contributed by atoms with van der Waals surface area (Å²) >= 11 is 0. The molecule has 0 spiro atoms. The summed E-state index contributed by atoms with van der Waals surface area (Å²) in [5.41, 5.74) is 1.56. The molecule has 0 atom stereocenters. The van der Waals surface area contributed by atoms with Crippen LogP contribution in [0.3, 0.4) is 0 Å². The summed E-state index contributed by atoms with van der Waals surface area (Å²) < 4.78 is 0. The molecule has 1 fully saturated rings. The van der Waals surface area contributed by atoms with Gasteiger partial charge in [-0.3, -0.25) is 0 Å². The zero-order valence-electron chi connectivity index (χ0n) is 6.70. The van der Waals surface area contributed by atoms with Gasteiger partial charge in [-0.1, -0.05) is 25.5 Å². The first-order chi connectivity index (χ1) is 4.43. The van der Waals surface area contributed by atoms with Gasteiger partial charge in [0.1, 0.15) is 0 Å². The molecule has 0 radical (unpaired) electrons. The van der Waals surface area contributed by atoms with Gasteiger partial charge in [-0.05, 0) is 19.9 Å². The van der Waals surface area contributed by atoms with Gasteiger partial charge in [0.05, 0.1) is 0 Å². The monoisotopic (exact) mass is 127 g/mol. The standard InChI is InChI=1S/C6H11N.C2H6/c1-2-6-3-4-7-5-6;1-2/h2,7H,3-5H2,1H3;1-2H3/b6-2+;. The molecule has 1 N–H and O–H groups in total. The molecule has 1 nitrogen and oxygen atoms in total. The van der Waals surface area contributed by atoms with Crippen molar-refractivity contribution in [1.29, 1.82) is 0 Å². The highest BCUT2D eigenvalue weighted by molar-refractivity contribution is 5.06. The van der Waals surface area contributed by atoms with E-state index in [1.54, 1.807) is 5.57 Å². The molecule has 0 saturated carbocycles. The SMILES string of the molecule is C/C=C1\CCNC1.CC. The Morgan fingerprint density at radius 2 is 2.11 bits per heavy atom. The van der Waals surface area contributed by atoms with Crippen LogP contribution in [0.2, 0.25) is 0 Å². The fraction of sp³-hybridized carbons (Fsp3) is 0.750. The topological polar surface area (TPSA) is 12.0 Å². The highest BCUT2D eigenvalue weighted by Crippen LogP contribution is 2.03. The second-order valence-corrected chi connectivity index (χ2v) is 1.87. The van der Waals surface area contributed by atoms with Crippen LogP contribution in [0.4, 0.5) is 0 Å². The maximum absolute atomic E-state index is 3.25. The predicted octanol–water partition coefficient (Wildman–Crippen LogP) is 1.95. The molecule has 1 aliphatic rings. The summed E-state index contributed by atoms with van der Waals surface area (Å²) in [6.45, 7) is 8.40. The normalized spacial score (nSPS) is 21.4. The van der Waals surface area contributed by atoms with E-state index in [9.17, 15) is 0 Å². The van der Waals surface area contributed by atoms with Gasteiger partial charge in [-0.15, -0.1) is 0 Å². The lowest BCUT2D eigenvalue weighted by Gasteiger charge is -1.85. The molecule has 0 aromatic rings. The van der Waals surface area contributed by atoms with E-state index in [1.807, 2.05) is 13.8 Å². The summed E-state index contributed by atoms with van der Waals surface area (Å²) in [6, 6.07) is 0. The minimum Gasteiger partial charge on any atom is -0.313 e. The van der Waals surface area contributed by atoms with Crippen molar-refractivity contribution in [2.45, 2.75) is 27.2 Å². The van der Waals surface area contributed by atoms with Crippen molar-refractivity contribution in [2.75, 3.05) is 13.1 Å². The van der Waals surface area contributed by atoms with Crippen LogP contribution in [-0.2, 0) is 0 Å². The van der Waals surface area contributed by atoms with Gasteiger partial charge in [-0.25, -0.2) is 0 Å². The molecule has 1 rings (SSSR count). The lowest BCUT2D eigenvalue weighted by molar-refractivity contribution is 0.862. The average Bonchev–Trinajstić information content (AvgIpc) is 2.43. The van der Waals surface area contributed by atoms with Gasteiger partial charge in [0, 0.05) is 6.54 Å². The van der Waals surface area contributed by atoms with E-state index in [-0.39, 0.29) is 0 Å². The quantitative estimate of drug-likeness (QED) is 0.490. The fourth-order valence-corrected chi connectivity index (χ4v) is 0.833. The Morgan fingerprint density at radius 3 is 2.33 bits per heavy atom. The van der Waals surface area contributed by atoms with Gasteiger partial charge in [0.2, 0.25) is 0 Å². The van der Waals surface area contributed by atoms with Gasteiger partial charge in [-0.2, -0.15) is 0 Å². The Labute approximate surface area is 58.2 Å². The maximum atomic E-state index is 3.25. The first-order valence-electron chi connectivity index (χ1n) is 3.78. The Morgan fingerprint density at radius 1 is 1.44 bits per heavy atom. The predicted molar refractivity (Wildman–Crippen MR) is 42.6 cm³/mol. The first kappa shape index (κ1) is 8.70. The molecule has 1 aliphatic heterocycles. The molecule has 0 aliphatic carbocycles. The van der Waals surface area contributed by atoms with E-state index in [4.69, 9.17) is 0 Å². The maximum Gasteiger partial charge on any atom is 0.0165 e. The van der Waals surface area contributed by atoms with E-state index >= 15 is 0 Å². The molecule has 1 heteroatoms. The molecular formula is C8H17N. The van der Waals surface area contributed by atoms with Crippen LogP contribution in [0.5, 0.6) is 0 Å². The van der Waals surface area contributed by atoms with Crippen molar-refractivity contribution < 1.29 is 0 Å². The third-order valence-corrected chi connectivity index (χ3v) is 1.38. The van der Waals surface area contributed by atoms with Crippen LogP contribution < -0.4 is 5.32 Å². The zero-order valence-corrected chi connectivity index (χ0v) is 6.70. The van der Waals surface area contributed by atoms with E-state index in [0.29, 0.717) is 0 Å². The Balaban J connectivity index is 0.000000291. The van der Waals surface area contributed by atoms with Crippen LogP contribution in [-0.4, -0.2) is 13.1 Å². The molecule has 54 valence electrons. The molecule has 0 bridgehead atoms. The summed E-state index contributed by atoms with van der Waals surface area (Å²) in [6.07, 6.45) is 3.45. The molecule has 1 heterocycles.